The Balaban J connectivity index is 0.00000156. The van der Waals surface area contributed by atoms with Crippen LogP contribution in [0.25, 0.3) is 0 Å². The first-order chi connectivity index (χ1) is 11.1. The summed E-state index contributed by atoms with van der Waals surface area (Å²) in [6.07, 6.45) is 6.19. The number of amides is 1. The molecule has 0 radical (unpaired) electrons. The Bertz CT molecular complexity index is 525. The third-order valence-corrected chi connectivity index (χ3v) is 5.48. The van der Waals surface area contributed by atoms with Crippen molar-refractivity contribution >= 4 is 30.7 Å². The quantitative estimate of drug-likeness (QED) is 0.865. The average molecular weight is 388 g/mol. The zero-order valence-electron chi connectivity index (χ0n) is 15.0. The van der Waals surface area contributed by atoms with Gasteiger partial charge in [0.15, 0.2) is 0 Å². The highest BCUT2D eigenvalue weighted by atomic mass is 35.5. The second-order valence-electron chi connectivity index (χ2n) is 7.19. The van der Waals surface area contributed by atoms with E-state index in [4.69, 9.17) is 5.73 Å². The number of nitrogens with two attached hydrogens (primary N) is 1. The van der Waals surface area contributed by atoms with Crippen LogP contribution in [0, 0.1) is 0 Å². The second kappa shape index (κ2) is 9.77. The molecule has 0 saturated carbocycles. The van der Waals surface area contributed by atoms with Gasteiger partial charge in [-0.05, 0) is 51.3 Å². The van der Waals surface area contributed by atoms with E-state index in [0.717, 1.165) is 31.5 Å². The standard InChI is InChI=1S/C19H29N3O.2ClH/c1-19(20,16-8-4-2-5-9-16)18(23)22-14-10-17(11-15-22)21-12-6-3-7-13-21;;/h2,4-5,8-9,17H,3,6-7,10-15,20H2,1H3;2*1H. The van der Waals surface area contributed by atoms with Gasteiger partial charge >= 0.3 is 0 Å². The summed E-state index contributed by atoms with van der Waals surface area (Å²) < 4.78 is 0. The highest BCUT2D eigenvalue weighted by Crippen LogP contribution is 2.25. The Labute approximate surface area is 163 Å². The summed E-state index contributed by atoms with van der Waals surface area (Å²) in [5.74, 6) is 0.0563. The van der Waals surface area contributed by atoms with E-state index in [1.165, 1.54) is 32.4 Å². The molecule has 0 aliphatic carbocycles. The van der Waals surface area contributed by atoms with Gasteiger partial charge < -0.3 is 15.5 Å². The zero-order chi connectivity index (χ0) is 16.3. The van der Waals surface area contributed by atoms with Gasteiger partial charge in [-0.25, -0.2) is 0 Å². The Hall–Kier alpha value is -0.810. The fourth-order valence-electron chi connectivity index (χ4n) is 3.95. The summed E-state index contributed by atoms with van der Waals surface area (Å²) in [6.45, 7) is 5.97. The molecule has 6 heteroatoms. The van der Waals surface area contributed by atoms with E-state index < -0.39 is 5.54 Å². The molecular formula is C19H31Cl2N3O. The lowest BCUT2D eigenvalue weighted by Gasteiger charge is -2.42. The van der Waals surface area contributed by atoms with Crippen LogP contribution in [0.4, 0.5) is 0 Å². The van der Waals surface area contributed by atoms with Gasteiger partial charge in [0.25, 0.3) is 0 Å². The Morgan fingerprint density at radius 3 is 2.12 bits per heavy atom. The third-order valence-electron chi connectivity index (χ3n) is 5.48. The molecule has 2 fully saturated rings. The van der Waals surface area contributed by atoms with E-state index in [1.807, 2.05) is 42.2 Å². The van der Waals surface area contributed by atoms with Gasteiger partial charge in [-0.2, -0.15) is 0 Å². The van der Waals surface area contributed by atoms with Crippen LogP contribution in [0.15, 0.2) is 30.3 Å². The monoisotopic (exact) mass is 387 g/mol. The van der Waals surface area contributed by atoms with E-state index >= 15 is 0 Å². The molecule has 2 saturated heterocycles. The average Bonchev–Trinajstić information content (AvgIpc) is 2.63. The minimum atomic E-state index is -0.931. The van der Waals surface area contributed by atoms with Crippen molar-refractivity contribution in [1.29, 1.82) is 0 Å². The van der Waals surface area contributed by atoms with Crippen molar-refractivity contribution in [2.75, 3.05) is 26.2 Å². The molecule has 4 nitrogen and oxygen atoms in total. The molecule has 2 N–H and O–H groups in total. The summed E-state index contributed by atoms with van der Waals surface area (Å²) in [4.78, 5) is 17.5. The minimum Gasteiger partial charge on any atom is -0.341 e. The van der Waals surface area contributed by atoms with Crippen molar-refractivity contribution in [3.05, 3.63) is 35.9 Å². The number of hydrogen-bond donors (Lipinski definition) is 1. The predicted octanol–water partition coefficient (Wildman–Crippen LogP) is 3.18. The highest BCUT2D eigenvalue weighted by molar-refractivity contribution is 5.87. The number of hydrogen-bond acceptors (Lipinski definition) is 3. The van der Waals surface area contributed by atoms with Crippen molar-refractivity contribution < 1.29 is 4.79 Å². The first-order valence-electron chi connectivity index (χ1n) is 8.97. The van der Waals surface area contributed by atoms with Gasteiger partial charge in [0, 0.05) is 19.1 Å². The molecule has 0 spiro atoms. The van der Waals surface area contributed by atoms with Gasteiger partial charge in [-0.1, -0.05) is 36.8 Å². The maximum atomic E-state index is 12.9. The summed E-state index contributed by atoms with van der Waals surface area (Å²) in [5.41, 5.74) is 6.35. The van der Waals surface area contributed by atoms with Crippen LogP contribution in [0.5, 0.6) is 0 Å². The van der Waals surface area contributed by atoms with Gasteiger partial charge in [-0.3, -0.25) is 4.79 Å². The minimum absolute atomic E-state index is 0. The van der Waals surface area contributed by atoms with E-state index in [9.17, 15) is 4.79 Å². The molecule has 2 aliphatic heterocycles. The molecule has 1 unspecified atom stereocenters. The molecule has 1 aromatic rings. The topological polar surface area (TPSA) is 49.6 Å². The van der Waals surface area contributed by atoms with Crippen LogP contribution in [-0.4, -0.2) is 47.9 Å². The van der Waals surface area contributed by atoms with Crippen LogP contribution in [0.1, 0.15) is 44.6 Å². The van der Waals surface area contributed by atoms with Crippen molar-refractivity contribution in [3.63, 3.8) is 0 Å². The summed E-state index contributed by atoms with van der Waals surface area (Å²) in [7, 11) is 0. The number of carbonyl (C=O) groups is 1. The number of benzene rings is 1. The summed E-state index contributed by atoms with van der Waals surface area (Å²) in [5, 5.41) is 0. The van der Waals surface area contributed by atoms with Crippen LogP contribution in [0.2, 0.25) is 0 Å². The van der Waals surface area contributed by atoms with E-state index in [0.29, 0.717) is 6.04 Å². The van der Waals surface area contributed by atoms with E-state index in [2.05, 4.69) is 4.90 Å². The Morgan fingerprint density at radius 1 is 1.00 bits per heavy atom. The molecule has 1 amide bonds. The maximum Gasteiger partial charge on any atom is 0.246 e. The van der Waals surface area contributed by atoms with Crippen LogP contribution >= 0.6 is 24.8 Å². The lowest BCUT2D eigenvalue weighted by Crippen LogP contribution is -2.55. The van der Waals surface area contributed by atoms with Crippen molar-refractivity contribution in [3.8, 4) is 0 Å². The van der Waals surface area contributed by atoms with Crippen LogP contribution < -0.4 is 5.73 Å². The molecule has 3 rings (SSSR count). The summed E-state index contributed by atoms with van der Waals surface area (Å²) >= 11 is 0. The number of nitrogens with zero attached hydrogens (tertiary/aromatic N) is 2. The maximum absolute atomic E-state index is 12.9. The number of rotatable bonds is 3. The molecule has 2 heterocycles. The van der Waals surface area contributed by atoms with Gasteiger partial charge in [0.05, 0.1) is 0 Å². The zero-order valence-corrected chi connectivity index (χ0v) is 16.7. The van der Waals surface area contributed by atoms with Crippen molar-refractivity contribution in [2.45, 2.75) is 50.6 Å². The first kappa shape index (κ1) is 22.2. The molecule has 2 aliphatic rings. The van der Waals surface area contributed by atoms with Gasteiger partial charge in [0.2, 0.25) is 5.91 Å². The Morgan fingerprint density at radius 2 is 1.56 bits per heavy atom. The molecule has 1 atom stereocenters. The van der Waals surface area contributed by atoms with Crippen molar-refractivity contribution in [1.82, 2.24) is 9.80 Å². The molecule has 142 valence electrons. The number of carbonyl (C=O) groups excluding carboxylic acids is 1. The number of likely N-dealkylation sites (tertiary alicyclic amines) is 2. The van der Waals surface area contributed by atoms with E-state index in [-0.39, 0.29) is 30.7 Å². The predicted molar refractivity (Wildman–Crippen MR) is 108 cm³/mol. The van der Waals surface area contributed by atoms with E-state index in [1.54, 1.807) is 0 Å². The van der Waals surface area contributed by atoms with Crippen LogP contribution in [-0.2, 0) is 10.3 Å². The summed E-state index contributed by atoms with van der Waals surface area (Å²) in [6, 6.07) is 10.4. The second-order valence-corrected chi connectivity index (χ2v) is 7.19. The highest BCUT2D eigenvalue weighted by Gasteiger charge is 2.36. The van der Waals surface area contributed by atoms with Crippen molar-refractivity contribution in [2.24, 2.45) is 5.73 Å². The fourth-order valence-corrected chi connectivity index (χ4v) is 3.95. The lowest BCUT2D eigenvalue weighted by molar-refractivity contribution is -0.138. The third kappa shape index (κ3) is 5.10. The van der Waals surface area contributed by atoms with Gasteiger partial charge in [-0.15, -0.1) is 24.8 Å². The normalized spacial score (nSPS) is 21.6. The smallest absolute Gasteiger partial charge is 0.246 e. The molecule has 0 bridgehead atoms. The molecular weight excluding hydrogens is 357 g/mol. The molecule has 1 aromatic carbocycles. The number of piperidine rings is 2. The largest absolute Gasteiger partial charge is 0.341 e. The lowest BCUT2D eigenvalue weighted by atomic mass is 9.90. The van der Waals surface area contributed by atoms with Gasteiger partial charge in [0.1, 0.15) is 5.54 Å². The molecule has 0 aromatic heterocycles. The Kier molecular flexibility index (Phi) is 8.69. The SMILES string of the molecule is CC(N)(C(=O)N1CCC(N2CCCCC2)CC1)c1ccccc1.Cl.Cl. The number of halogens is 2. The molecule has 25 heavy (non-hydrogen) atoms. The van der Waals surface area contributed by atoms with Crippen LogP contribution in [0.3, 0.4) is 0 Å². The first-order valence-corrected chi connectivity index (χ1v) is 8.97. The fraction of sp³-hybridized carbons (Fsp3) is 0.632.